The first-order valence-corrected chi connectivity index (χ1v) is 14.4. The van der Waals surface area contributed by atoms with Crippen LogP contribution in [0.2, 0.25) is 0 Å². The van der Waals surface area contributed by atoms with Crippen LogP contribution in [0.15, 0.2) is 0 Å². The Morgan fingerprint density at radius 3 is 1.28 bits per heavy atom. The van der Waals surface area contributed by atoms with E-state index >= 15 is 0 Å². The second kappa shape index (κ2) is 30.5. The second-order valence-electron chi connectivity index (χ2n) is 8.75. The van der Waals surface area contributed by atoms with E-state index in [1.165, 1.54) is 0 Å². The van der Waals surface area contributed by atoms with Gasteiger partial charge in [0.05, 0.1) is 145 Å². The molecule has 2 unspecified atom stereocenters. The van der Waals surface area contributed by atoms with Gasteiger partial charge in [0.1, 0.15) is 6.10 Å². The standard InChI is InChI=1S/C27H54O12/c1-2-3-4-26(38-24-27-25-39-27)23-37-22-21-36-20-19-35-18-17-34-16-15-33-14-13-32-12-11-31-10-9-30-8-7-29-6-5-28/h26-28H,2-25H2,1H3. The summed E-state index contributed by atoms with van der Waals surface area (Å²) in [7, 11) is 0. The number of epoxide rings is 1. The molecule has 12 heteroatoms. The van der Waals surface area contributed by atoms with E-state index in [0.717, 1.165) is 25.9 Å². The predicted octanol–water partition coefficient (Wildman–Crippen LogP) is 1.10. The van der Waals surface area contributed by atoms with Crippen LogP contribution in [0.4, 0.5) is 0 Å². The number of rotatable bonds is 34. The number of aliphatic hydroxyl groups is 1. The summed E-state index contributed by atoms with van der Waals surface area (Å²) in [5.74, 6) is 0. The topological polar surface area (TPSA) is 125 Å². The third-order valence-electron chi connectivity index (χ3n) is 5.32. The minimum absolute atomic E-state index is 0.0287. The summed E-state index contributed by atoms with van der Waals surface area (Å²) in [6.45, 7) is 12.9. The van der Waals surface area contributed by atoms with Crippen molar-refractivity contribution in [2.24, 2.45) is 0 Å². The maximum Gasteiger partial charge on any atom is 0.104 e. The van der Waals surface area contributed by atoms with Gasteiger partial charge in [0.2, 0.25) is 0 Å². The Kier molecular flexibility index (Phi) is 28.6. The summed E-state index contributed by atoms with van der Waals surface area (Å²) >= 11 is 0. The van der Waals surface area contributed by atoms with Gasteiger partial charge in [-0.15, -0.1) is 0 Å². The Balaban J connectivity index is 1.68. The van der Waals surface area contributed by atoms with Crippen LogP contribution in [0.5, 0.6) is 0 Å². The maximum atomic E-state index is 8.57. The molecule has 0 saturated carbocycles. The Labute approximate surface area is 234 Å². The van der Waals surface area contributed by atoms with E-state index in [9.17, 15) is 0 Å². The Morgan fingerprint density at radius 2 is 0.949 bits per heavy atom. The molecule has 0 aromatic heterocycles. The first-order chi connectivity index (χ1) is 19.4. The highest BCUT2D eigenvalue weighted by atomic mass is 16.6. The number of ether oxygens (including phenoxy) is 11. The SMILES string of the molecule is CCCCC(COCCOCCOCCOCCOCCOCCOCCOCCOCCO)OCC1CO1. The van der Waals surface area contributed by atoms with Crippen molar-refractivity contribution in [3.05, 3.63) is 0 Å². The molecule has 1 saturated heterocycles. The summed E-state index contributed by atoms with van der Waals surface area (Å²) in [5, 5.41) is 8.57. The van der Waals surface area contributed by atoms with Gasteiger partial charge in [-0.3, -0.25) is 0 Å². The van der Waals surface area contributed by atoms with Gasteiger partial charge in [-0.25, -0.2) is 0 Å². The van der Waals surface area contributed by atoms with E-state index in [2.05, 4.69) is 6.92 Å². The Morgan fingerprint density at radius 1 is 0.590 bits per heavy atom. The highest BCUT2D eigenvalue weighted by Gasteiger charge is 2.24. The molecule has 1 N–H and O–H groups in total. The van der Waals surface area contributed by atoms with Crippen LogP contribution in [-0.2, 0) is 52.1 Å². The third kappa shape index (κ3) is 28.8. The van der Waals surface area contributed by atoms with E-state index in [1.54, 1.807) is 0 Å². The van der Waals surface area contributed by atoms with Crippen LogP contribution in [-0.4, -0.2) is 156 Å². The Hall–Kier alpha value is -0.480. The molecule has 0 amide bonds. The molecule has 0 aromatic carbocycles. The van der Waals surface area contributed by atoms with Gasteiger partial charge in [0, 0.05) is 0 Å². The average molecular weight is 571 g/mol. The summed E-state index contributed by atoms with van der Waals surface area (Å²) < 4.78 is 60.0. The highest BCUT2D eigenvalue weighted by molar-refractivity contribution is 4.69. The molecule has 2 atom stereocenters. The van der Waals surface area contributed by atoms with Gasteiger partial charge < -0.3 is 57.2 Å². The molecule has 0 radical (unpaired) electrons. The summed E-state index contributed by atoms with van der Waals surface area (Å²) in [6, 6.07) is 0. The quantitative estimate of drug-likeness (QED) is 0.0880. The lowest BCUT2D eigenvalue weighted by molar-refractivity contribution is -0.0451. The molecule has 0 aromatic rings. The van der Waals surface area contributed by atoms with E-state index in [1.807, 2.05) is 0 Å². The van der Waals surface area contributed by atoms with Gasteiger partial charge in [0.25, 0.3) is 0 Å². The van der Waals surface area contributed by atoms with Crippen molar-refractivity contribution in [3.8, 4) is 0 Å². The third-order valence-corrected chi connectivity index (χ3v) is 5.32. The van der Waals surface area contributed by atoms with Gasteiger partial charge in [-0.1, -0.05) is 19.8 Å². The van der Waals surface area contributed by atoms with E-state index in [0.29, 0.717) is 126 Å². The molecular weight excluding hydrogens is 516 g/mol. The van der Waals surface area contributed by atoms with Crippen LogP contribution < -0.4 is 0 Å². The van der Waals surface area contributed by atoms with Crippen molar-refractivity contribution in [2.45, 2.75) is 38.4 Å². The van der Waals surface area contributed by atoms with Crippen LogP contribution in [0.1, 0.15) is 26.2 Å². The molecule has 1 fully saturated rings. The van der Waals surface area contributed by atoms with E-state index in [4.69, 9.17) is 57.2 Å². The normalized spacial score (nSPS) is 15.7. The van der Waals surface area contributed by atoms with E-state index < -0.39 is 0 Å². The van der Waals surface area contributed by atoms with Crippen molar-refractivity contribution in [3.63, 3.8) is 0 Å². The molecular formula is C27H54O12. The minimum Gasteiger partial charge on any atom is -0.394 e. The minimum atomic E-state index is 0.0287. The molecule has 0 aliphatic carbocycles. The average Bonchev–Trinajstić information content (AvgIpc) is 3.78. The molecule has 1 aliphatic heterocycles. The second-order valence-corrected chi connectivity index (χ2v) is 8.75. The molecule has 1 heterocycles. The van der Waals surface area contributed by atoms with Crippen molar-refractivity contribution in [1.82, 2.24) is 0 Å². The van der Waals surface area contributed by atoms with Crippen LogP contribution in [0.25, 0.3) is 0 Å². The van der Waals surface area contributed by atoms with Crippen LogP contribution in [0.3, 0.4) is 0 Å². The first kappa shape index (κ1) is 36.5. The van der Waals surface area contributed by atoms with Crippen molar-refractivity contribution < 1.29 is 57.2 Å². The summed E-state index contributed by atoms with van der Waals surface area (Å²) in [5.41, 5.74) is 0. The fraction of sp³-hybridized carbons (Fsp3) is 1.00. The molecule has 0 spiro atoms. The fourth-order valence-corrected chi connectivity index (χ4v) is 3.09. The molecule has 39 heavy (non-hydrogen) atoms. The van der Waals surface area contributed by atoms with Crippen molar-refractivity contribution in [1.29, 1.82) is 0 Å². The number of aliphatic hydroxyl groups excluding tert-OH is 1. The molecule has 1 rings (SSSR count). The zero-order valence-electron chi connectivity index (χ0n) is 24.1. The lowest BCUT2D eigenvalue weighted by Crippen LogP contribution is -2.23. The fourth-order valence-electron chi connectivity index (χ4n) is 3.09. The lowest BCUT2D eigenvalue weighted by atomic mass is 10.2. The molecule has 1 aliphatic rings. The van der Waals surface area contributed by atoms with Gasteiger partial charge >= 0.3 is 0 Å². The largest absolute Gasteiger partial charge is 0.394 e. The van der Waals surface area contributed by atoms with Crippen LogP contribution >= 0.6 is 0 Å². The zero-order chi connectivity index (χ0) is 27.9. The maximum absolute atomic E-state index is 8.57. The van der Waals surface area contributed by atoms with E-state index in [-0.39, 0.29) is 18.8 Å². The Bertz CT molecular complexity index is 470. The first-order valence-electron chi connectivity index (χ1n) is 14.4. The number of unbranched alkanes of at least 4 members (excludes halogenated alkanes) is 1. The predicted molar refractivity (Wildman–Crippen MR) is 143 cm³/mol. The van der Waals surface area contributed by atoms with Crippen LogP contribution in [0, 0.1) is 0 Å². The number of hydrogen-bond acceptors (Lipinski definition) is 12. The molecule has 12 nitrogen and oxygen atoms in total. The zero-order valence-corrected chi connectivity index (χ0v) is 24.1. The molecule has 0 bridgehead atoms. The van der Waals surface area contributed by atoms with Gasteiger partial charge in [0.15, 0.2) is 0 Å². The van der Waals surface area contributed by atoms with Crippen molar-refractivity contribution in [2.75, 3.05) is 139 Å². The van der Waals surface area contributed by atoms with Gasteiger partial charge in [-0.05, 0) is 6.42 Å². The molecule has 234 valence electrons. The summed E-state index contributed by atoms with van der Waals surface area (Å²) in [6.07, 6.45) is 3.72. The van der Waals surface area contributed by atoms with Crippen molar-refractivity contribution >= 4 is 0 Å². The highest BCUT2D eigenvalue weighted by Crippen LogP contribution is 2.13. The smallest absolute Gasteiger partial charge is 0.104 e. The monoisotopic (exact) mass is 570 g/mol. The summed E-state index contributed by atoms with van der Waals surface area (Å²) in [4.78, 5) is 0. The lowest BCUT2D eigenvalue weighted by Gasteiger charge is -2.17. The number of hydrogen-bond donors (Lipinski definition) is 1. The van der Waals surface area contributed by atoms with Gasteiger partial charge in [-0.2, -0.15) is 0 Å².